The Hall–Kier alpha value is -2.72. The third-order valence-corrected chi connectivity index (χ3v) is 7.21. The van der Waals surface area contributed by atoms with E-state index >= 15 is 0 Å². The highest BCUT2D eigenvalue weighted by Crippen LogP contribution is 2.31. The Kier molecular flexibility index (Phi) is 6.57. The van der Waals surface area contributed by atoms with Crippen molar-refractivity contribution in [1.82, 2.24) is 4.31 Å². The van der Waals surface area contributed by atoms with Gasteiger partial charge >= 0.3 is 0 Å². The van der Waals surface area contributed by atoms with Gasteiger partial charge in [-0.05, 0) is 29.3 Å². The Morgan fingerprint density at radius 3 is 1.73 bits per heavy atom. The summed E-state index contributed by atoms with van der Waals surface area (Å²) in [6, 6.07) is 21.8. The zero-order chi connectivity index (χ0) is 21.8. The molecule has 0 aliphatic rings. The molecule has 7 nitrogen and oxygen atoms in total. The number of nitrogens with two attached hydrogens (primary N) is 1. The molecule has 0 amide bonds. The minimum absolute atomic E-state index is 0.0357. The van der Waals surface area contributed by atoms with Crippen LogP contribution >= 0.6 is 0 Å². The molecular formula is C21H22N2O5S2. The van der Waals surface area contributed by atoms with E-state index < -0.39 is 20.0 Å². The molecule has 0 radical (unpaired) electrons. The fourth-order valence-corrected chi connectivity index (χ4v) is 5.19. The van der Waals surface area contributed by atoms with Gasteiger partial charge in [0.1, 0.15) is 10.6 Å². The summed E-state index contributed by atoms with van der Waals surface area (Å²) in [6.45, 7) is 0.196. The molecule has 2 N–H and O–H groups in total. The van der Waals surface area contributed by atoms with Crippen molar-refractivity contribution in [2.24, 2.45) is 5.14 Å². The molecule has 0 bridgehead atoms. The lowest BCUT2D eigenvalue weighted by Gasteiger charge is -2.24. The van der Waals surface area contributed by atoms with Crippen molar-refractivity contribution in [3.05, 3.63) is 90.0 Å². The maximum Gasteiger partial charge on any atom is 0.247 e. The Bertz CT molecular complexity index is 1170. The van der Waals surface area contributed by atoms with E-state index in [4.69, 9.17) is 9.88 Å². The van der Waals surface area contributed by atoms with E-state index in [2.05, 4.69) is 0 Å². The van der Waals surface area contributed by atoms with E-state index in [1.165, 1.54) is 23.5 Å². The van der Waals surface area contributed by atoms with Crippen LogP contribution in [0.2, 0.25) is 0 Å². The van der Waals surface area contributed by atoms with Crippen LogP contribution in [0, 0.1) is 0 Å². The van der Waals surface area contributed by atoms with Gasteiger partial charge in [-0.1, -0.05) is 60.7 Å². The number of benzene rings is 3. The van der Waals surface area contributed by atoms with Crippen LogP contribution in [0.25, 0.3) is 0 Å². The Morgan fingerprint density at radius 1 is 0.800 bits per heavy atom. The summed E-state index contributed by atoms with van der Waals surface area (Å²) in [5, 5.41) is 5.21. The minimum Gasteiger partial charge on any atom is -0.495 e. The summed E-state index contributed by atoms with van der Waals surface area (Å²) in [4.78, 5) is -0.565. The normalized spacial score (nSPS) is 12.1. The zero-order valence-electron chi connectivity index (χ0n) is 16.3. The van der Waals surface area contributed by atoms with Gasteiger partial charge in [0.25, 0.3) is 0 Å². The summed E-state index contributed by atoms with van der Waals surface area (Å²) >= 11 is 0. The van der Waals surface area contributed by atoms with E-state index in [1.54, 1.807) is 0 Å². The second kappa shape index (κ2) is 8.97. The maximum atomic E-state index is 13.6. The molecule has 0 spiro atoms. The van der Waals surface area contributed by atoms with E-state index in [-0.39, 0.29) is 28.6 Å². The number of sulfonamides is 2. The van der Waals surface area contributed by atoms with E-state index in [1.807, 2.05) is 60.7 Å². The van der Waals surface area contributed by atoms with Gasteiger partial charge in [0.15, 0.2) is 0 Å². The molecule has 0 saturated carbocycles. The Labute approximate surface area is 176 Å². The number of methoxy groups -OCH3 is 1. The van der Waals surface area contributed by atoms with Crippen LogP contribution < -0.4 is 9.88 Å². The number of hydrogen-bond donors (Lipinski definition) is 1. The molecule has 9 heteroatoms. The first kappa shape index (κ1) is 22.0. The largest absolute Gasteiger partial charge is 0.495 e. The average Bonchev–Trinajstić information content (AvgIpc) is 2.73. The number of rotatable bonds is 8. The van der Waals surface area contributed by atoms with Crippen LogP contribution in [0.5, 0.6) is 5.75 Å². The third kappa shape index (κ3) is 5.06. The van der Waals surface area contributed by atoms with Crippen LogP contribution in [0.3, 0.4) is 0 Å². The van der Waals surface area contributed by atoms with Crippen molar-refractivity contribution in [3.8, 4) is 5.75 Å². The van der Waals surface area contributed by atoms with Crippen molar-refractivity contribution >= 4 is 20.0 Å². The first-order valence-corrected chi connectivity index (χ1v) is 12.0. The van der Waals surface area contributed by atoms with Gasteiger partial charge in [0, 0.05) is 13.1 Å². The lowest BCUT2D eigenvalue weighted by Crippen LogP contribution is -2.31. The van der Waals surface area contributed by atoms with Crippen LogP contribution in [-0.2, 0) is 33.1 Å². The van der Waals surface area contributed by atoms with Crippen molar-refractivity contribution in [2.75, 3.05) is 7.11 Å². The van der Waals surface area contributed by atoms with Crippen LogP contribution in [-0.4, -0.2) is 28.3 Å². The topological polar surface area (TPSA) is 107 Å². The van der Waals surface area contributed by atoms with Crippen molar-refractivity contribution in [1.29, 1.82) is 0 Å². The molecule has 3 aromatic carbocycles. The van der Waals surface area contributed by atoms with Gasteiger partial charge in [-0.2, -0.15) is 4.31 Å². The SMILES string of the molecule is COc1ccc(S(N)(=O)=O)cc1S(=O)(=O)N(Cc1ccccc1)Cc1ccccc1. The van der Waals surface area contributed by atoms with Crippen LogP contribution in [0.4, 0.5) is 0 Å². The highest BCUT2D eigenvalue weighted by Gasteiger charge is 2.29. The summed E-state index contributed by atoms with van der Waals surface area (Å²) in [5.41, 5.74) is 1.58. The molecule has 0 fully saturated rings. The Morgan fingerprint density at radius 2 is 1.30 bits per heavy atom. The van der Waals surface area contributed by atoms with Gasteiger partial charge in [-0.25, -0.2) is 22.0 Å². The zero-order valence-corrected chi connectivity index (χ0v) is 17.9. The molecule has 0 heterocycles. The first-order valence-electron chi connectivity index (χ1n) is 9.00. The van der Waals surface area contributed by atoms with Gasteiger partial charge in [0.05, 0.1) is 12.0 Å². The smallest absolute Gasteiger partial charge is 0.247 e. The van der Waals surface area contributed by atoms with E-state index in [9.17, 15) is 16.8 Å². The first-order chi connectivity index (χ1) is 14.2. The van der Waals surface area contributed by atoms with Crippen molar-refractivity contribution in [2.45, 2.75) is 22.9 Å². The molecule has 0 aromatic heterocycles. The Balaban J connectivity index is 2.11. The van der Waals surface area contributed by atoms with E-state index in [0.717, 1.165) is 17.2 Å². The number of hydrogen-bond acceptors (Lipinski definition) is 5. The predicted molar refractivity (Wildman–Crippen MR) is 114 cm³/mol. The maximum absolute atomic E-state index is 13.6. The molecule has 0 unspecified atom stereocenters. The lowest BCUT2D eigenvalue weighted by atomic mass is 10.2. The molecule has 0 saturated heterocycles. The molecule has 0 aliphatic carbocycles. The third-order valence-electron chi connectivity index (χ3n) is 4.48. The molecule has 0 atom stereocenters. The highest BCUT2D eigenvalue weighted by molar-refractivity contribution is 7.90. The van der Waals surface area contributed by atoms with Gasteiger partial charge in [-0.3, -0.25) is 0 Å². The highest BCUT2D eigenvalue weighted by atomic mass is 32.2. The second-order valence-corrected chi connectivity index (χ2v) is 10.1. The number of ether oxygens (including phenoxy) is 1. The summed E-state index contributed by atoms with van der Waals surface area (Å²) in [5.74, 6) is 0.0357. The fraction of sp³-hybridized carbons (Fsp3) is 0.143. The molecule has 3 aromatic rings. The minimum atomic E-state index is -4.13. The lowest BCUT2D eigenvalue weighted by molar-refractivity contribution is 0.382. The van der Waals surface area contributed by atoms with Crippen LogP contribution in [0.1, 0.15) is 11.1 Å². The van der Waals surface area contributed by atoms with Crippen LogP contribution in [0.15, 0.2) is 88.7 Å². The summed E-state index contributed by atoms with van der Waals surface area (Å²) < 4.78 is 57.3. The van der Waals surface area contributed by atoms with Crippen molar-refractivity contribution in [3.63, 3.8) is 0 Å². The fourth-order valence-electron chi connectivity index (χ4n) is 2.97. The van der Waals surface area contributed by atoms with Crippen molar-refractivity contribution < 1.29 is 21.6 Å². The van der Waals surface area contributed by atoms with Gasteiger partial charge in [-0.15, -0.1) is 0 Å². The number of nitrogens with zero attached hydrogens (tertiary/aromatic N) is 1. The molecular weight excluding hydrogens is 424 g/mol. The van der Waals surface area contributed by atoms with Gasteiger partial charge in [0.2, 0.25) is 20.0 Å². The average molecular weight is 447 g/mol. The molecule has 158 valence electrons. The van der Waals surface area contributed by atoms with Gasteiger partial charge < -0.3 is 4.74 Å². The predicted octanol–water partition coefficient (Wildman–Crippen LogP) is 2.73. The quantitative estimate of drug-likeness (QED) is 0.573. The monoisotopic (exact) mass is 446 g/mol. The number of primary sulfonamides is 1. The molecule has 30 heavy (non-hydrogen) atoms. The standard InChI is InChI=1S/C21H22N2O5S2/c1-28-20-13-12-19(29(22,24)25)14-21(20)30(26,27)23(15-17-8-4-2-5-9-17)16-18-10-6-3-7-11-18/h2-14H,15-16H2,1H3,(H2,22,24,25). The molecule has 3 rings (SSSR count). The summed E-state index contributed by atoms with van der Waals surface area (Å²) in [6.07, 6.45) is 0. The molecule has 0 aliphatic heterocycles. The van der Waals surface area contributed by atoms with E-state index in [0.29, 0.717) is 0 Å². The second-order valence-electron chi connectivity index (χ2n) is 6.60. The summed E-state index contributed by atoms with van der Waals surface area (Å²) in [7, 11) is -6.90.